The van der Waals surface area contributed by atoms with E-state index >= 15 is 0 Å². The van der Waals surface area contributed by atoms with E-state index in [9.17, 15) is 4.79 Å². The van der Waals surface area contributed by atoms with E-state index in [-0.39, 0.29) is 5.91 Å². The van der Waals surface area contributed by atoms with Gasteiger partial charge < -0.3 is 19.2 Å². The Morgan fingerprint density at radius 2 is 1.89 bits per heavy atom. The molecule has 35 heavy (non-hydrogen) atoms. The van der Waals surface area contributed by atoms with Crippen LogP contribution in [0.4, 0.5) is 5.69 Å². The third-order valence-corrected chi connectivity index (χ3v) is 6.13. The van der Waals surface area contributed by atoms with Gasteiger partial charge in [-0.1, -0.05) is 29.8 Å². The summed E-state index contributed by atoms with van der Waals surface area (Å²) in [6.07, 6.45) is 3.38. The van der Waals surface area contributed by atoms with Crippen molar-refractivity contribution in [3.05, 3.63) is 83.1 Å². The van der Waals surface area contributed by atoms with Crippen molar-refractivity contribution in [2.24, 2.45) is 0 Å². The van der Waals surface area contributed by atoms with Gasteiger partial charge >= 0.3 is 0 Å². The largest absolute Gasteiger partial charge is 0.497 e. The molecule has 0 radical (unpaired) electrons. The Labute approximate surface area is 206 Å². The summed E-state index contributed by atoms with van der Waals surface area (Å²) in [4.78, 5) is 12.9. The molecule has 0 aliphatic heterocycles. The number of ether oxygens (including phenoxy) is 2. The Morgan fingerprint density at radius 3 is 2.60 bits per heavy atom. The monoisotopic (exact) mass is 469 g/mol. The van der Waals surface area contributed by atoms with Gasteiger partial charge in [0.25, 0.3) is 0 Å². The lowest BCUT2D eigenvalue weighted by Crippen LogP contribution is -2.10. The molecular formula is C30H31NO4. The topological polar surface area (TPSA) is 60.7 Å². The van der Waals surface area contributed by atoms with E-state index in [1.165, 1.54) is 0 Å². The van der Waals surface area contributed by atoms with Crippen molar-refractivity contribution >= 4 is 28.1 Å². The van der Waals surface area contributed by atoms with Crippen LogP contribution >= 0.6 is 0 Å². The summed E-state index contributed by atoms with van der Waals surface area (Å²) >= 11 is 0. The average Bonchev–Trinajstić information content (AvgIpc) is 3.27. The summed E-state index contributed by atoms with van der Waals surface area (Å²) in [5.74, 6) is 1.31. The van der Waals surface area contributed by atoms with Crippen LogP contribution in [0.25, 0.3) is 27.7 Å². The van der Waals surface area contributed by atoms with Crippen molar-refractivity contribution < 1.29 is 18.7 Å². The van der Waals surface area contributed by atoms with Crippen LogP contribution in [-0.2, 0) is 4.79 Å². The first kappa shape index (κ1) is 24.1. The number of aryl methyl sites for hydroxylation is 3. The van der Waals surface area contributed by atoms with Crippen molar-refractivity contribution in [1.82, 2.24) is 0 Å². The summed E-state index contributed by atoms with van der Waals surface area (Å²) in [6, 6.07) is 15.9. The quantitative estimate of drug-likeness (QED) is 0.285. The smallest absolute Gasteiger partial charge is 0.248 e. The molecule has 4 rings (SSSR count). The number of hydrogen-bond donors (Lipinski definition) is 1. The highest BCUT2D eigenvalue weighted by molar-refractivity contribution is 6.06. The SMILES string of the molecule is CCOc1c(/C(C)=C/C(=O)Nc2ccc(C)cc2C)cc2c(-c3cccc(OC)c3)coc2c1C. The van der Waals surface area contributed by atoms with Crippen LogP contribution in [0.5, 0.6) is 11.5 Å². The summed E-state index contributed by atoms with van der Waals surface area (Å²) in [6.45, 7) is 10.4. The highest BCUT2D eigenvalue weighted by Gasteiger charge is 2.19. The molecule has 0 saturated carbocycles. The van der Waals surface area contributed by atoms with Crippen LogP contribution in [0.15, 0.2) is 65.3 Å². The predicted molar refractivity (Wildman–Crippen MR) is 142 cm³/mol. The summed E-state index contributed by atoms with van der Waals surface area (Å²) < 4.78 is 17.4. The molecule has 0 aliphatic rings. The zero-order valence-corrected chi connectivity index (χ0v) is 21.1. The molecule has 1 amide bonds. The molecule has 1 N–H and O–H groups in total. The second kappa shape index (κ2) is 10.1. The third-order valence-electron chi connectivity index (χ3n) is 6.13. The lowest BCUT2D eigenvalue weighted by molar-refractivity contribution is -0.111. The fourth-order valence-electron chi connectivity index (χ4n) is 4.35. The maximum absolute atomic E-state index is 12.9. The van der Waals surface area contributed by atoms with Crippen molar-refractivity contribution in [2.75, 3.05) is 19.0 Å². The van der Waals surface area contributed by atoms with Crippen molar-refractivity contribution in [3.63, 3.8) is 0 Å². The van der Waals surface area contributed by atoms with Gasteiger partial charge in [0.1, 0.15) is 17.1 Å². The predicted octanol–water partition coefficient (Wildman–Crippen LogP) is 7.47. The van der Waals surface area contributed by atoms with Gasteiger partial charge in [-0.05, 0) is 75.6 Å². The first-order valence-corrected chi connectivity index (χ1v) is 11.7. The fourth-order valence-corrected chi connectivity index (χ4v) is 4.35. The minimum absolute atomic E-state index is 0.185. The minimum Gasteiger partial charge on any atom is -0.497 e. The molecule has 0 bridgehead atoms. The second-order valence-corrected chi connectivity index (χ2v) is 8.70. The molecule has 0 unspecified atom stereocenters. The van der Waals surface area contributed by atoms with Crippen LogP contribution in [-0.4, -0.2) is 19.6 Å². The first-order valence-electron chi connectivity index (χ1n) is 11.7. The second-order valence-electron chi connectivity index (χ2n) is 8.70. The van der Waals surface area contributed by atoms with Gasteiger partial charge in [0.2, 0.25) is 5.91 Å². The van der Waals surface area contributed by atoms with E-state index in [1.54, 1.807) is 19.4 Å². The summed E-state index contributed by atoms with van der Waals surface area (Å²) in [5, 5.41) is 3.95. The number of amides is 1. The lowest BCUT2D eigenvalue weighted by atomic mass is 9.96. The standard InChI is InChI=1S/C30H31NO4/c1-7-34-29-21(5)30-25(26(17-35-30)22-9-8-10-23(15-22)33-6)16-24(29)19(3)14-28(32)31-27-12-11-18(2)13-20(27)4/h8-17H,7H2,1-6H3,(H,31,32)/b19-14+. The highest BCUT2D eigenvalue weighted by atomic mass is 16.5. The number of methoxy groups -OCH3 is 1. The molecule has 0 aliphatic carbocycles. The van der Waals surface area contributed by atoms with Gasteiger partial charge in [0.05, 0.1) is 20.0 Å². The van der Waals surface area contributed by atoms with Gasteiger partial charge in [0.15, 0.2) is 0 Å². The number of rotatable bonds is 7. The van der Waals surface area contributed by atoms with E-state index in [0.29, 0.717) is 6.61 Å². The number of benzene rings is 3. The molecule has 5 heteroatoms. The number of fused-ring (bicyclic) bond motifs is 1. The van der Waals surface area contributed by atoms with Crippen LogP contribution in [0.1, 0.15) is 36.1 Å². The first-order chi connectivity index (χ1) is 16.8. The number of furan rings is 1. The van der Waals surface area contributed by atoms with Gasteiger partial charge in [-0.3, -0.25) is 4.79 Å². The van der Waals surface area contributed by atoms with E-state index in [2.05, 4.69) is 11.4 Å². The van der Waals surface area contributed by atoms with Crippen molar-refractivity contribution in [3.8, 4) is 22.6 Å². The van der Waals surface area contributed by atoms with Crippen molar-refractivity contribution in [1.29, 1.82) is 0 Å². The summed E-state index contributed by atoms with van der Waals surface area (Å²) in [7, 11) is 1.65. The molecule has 3 aromatic carbocycles. The Kier molecular flexibility index (Phi) is 6.97. The van der Waals surface area contributed by atoms with E-state index in [4.69, 9.17) is 13.9 Å². The molecule has 0 saturated heterocycles. The van der Waals surface area contributed by atoms with Crippen LogP contribution < -0.4 is 14.8 Å². The molecule has 5 nitrogen and oxygen atoms in total. The maximum Gasteiger partial charge on any atom is 0.248 e. The number of carbonyl (C=O) groups is 1. The Bertz CT molecular complexity index is 1430. The number of anilines is 1. The Hall–Kier alpha value is -3.99. The number of hydrogen-bond acceptors (Lipinski definition) is 4. The maximum atomic E-state index is 12.9. The van der Waals surface area contributed by atoms with Crippen LogP contribution in [0.2, 0.25) is 0 Å². The molecule has 0 atom stereocenters. The normalized spacial score (nSPS) is 11.5. The van der Waals surface area contributed by atoms with Crippen molar-refractivity contribution in [2.45, 2.75) is 34.6 Å². The molecule has 4 aromatic rings. The average molecular weight is 470 g/mol. The molecule has 1 heterocycles. The van der Waals surface area contributed by atoms with Gasteiger partial charge in [-0.15, -0.1) is 0 Å². The lowest BCUT2D eigenvalue weighted by Gasteiger charge is -2.15. The minimum atomic E-state index is -0.185. The zero-order chi connectivity index (χ0) is 25.1. The summed E-state index contributed by atoms with van der Waals surface area (Å²) in [5.41, 5.74) is 8.26. The fraction of sp³-hybridized carbons (Fsp3) is 0.233. The number of allylic oxidation sites excluding steroid dienone is 1. The van der Waals surface area contributed by atoms with Gasteiger partial charge in [0, 0.05) is 33.8 Å². The highest BCUT2D eigenvalue weighted by Crippen LogP contribution is 2.41. The molecule has 0 fully saturated rings. The Morgan fingerprint density at radius 1 is 1.09 bits per heavy atom. The van der Waals surface area contributed by atoms with Crippen LogP contribution in [0.3, 0.4) is 0 Å². The molecular weight excluding hydrogens is 438 g/mol. The molecule has 0 spiro atoms. The van der Waals surface area contributed by atoms with E-state index in [1.807, 2.05) is 77.1 Å². The van der Waals surface area contributed by atoms with E-state index < -0.39 is 0 Å². The number of carbonyl (C=O) groups excluding carboxylic acids is 1. The number of nitrogens with one attached hydrogen (secondary N) is 1. The third kappa shape index (κ3) is 4.94. The van der Waals surface area contributed by atoms with Crippen LogP contribution in [0, 0.1) is 20.8 Å². The van der Waals surface area contributed by atoms with Gasteiger partial charge in [-0.2, -0.15) is 0 Å². The van der Waals surface area contributed by atoms with Gasteiger partial charge in [-0.25, -0.2) is 0 Å². The molecule has 180 valence electrons. The molecule has 1 aromatic heterocycles. The zero-order valence-electron chi connectivity index (χ0n) is 21.1. The van der Waals surface area contributed by atoms with E-state index in [0.717, 1.165) is 67.1 Å². The Balaban J connectivity index is 1.78.